The zero-order valence-electron chi connectivity index (χ0n) is 10.5. The fourth-order valence-corrected chi connectivity index (χ4v) is 1.95. The predicted octanol–water partition coefficient (Wildman–Crippen LogP) is 3.88. The number of hydrogen-bond acceptors (Lipinski definition) is 1. The summed E-state index contributed by atoms with van der Waals surface area (Å²) < 4.78 is 40.9. The summed E-state index contributed by atoms with van der Waals surface area (Å²) in [6.07, 6.45) is 0. The molecule has 0 saturated carbocycles. The van der Waals surface area contributed by atoms with Crippen molar-refractivity contribution in [1.29, 1.82) is 0 Å². The lowest BCUT2D eigenvalue weighted by atomic mass is 9.98. The Hall–Kier alpha value is -1.81. The summed E-state index contributed by atoms with van der Waals surface area (Å²) in [5.41, 5.74) is 0.721. The van der Waals surface area contributed by atoms with Crippen LogP contribution >= 0.6 is 0 Å². The fraction of sp³-hybridized carbons (Fsp3) is 0.200. The van der Waals surface area contributed by atoms with Crippen LogP contribution in [-0.4, -0.2) is 6.54 Å². The lowest BCUT2D eigenvalue weighted by molar-refractivity contribution is 0.587. The van der Waals surface area contributed by atoms with Gasteiger partial charge in [0.1, 0.15) is 17.5 Å². The molecule has 0 heterocycles. The molecule has 1 nitrogen and oxygen atoms in total. The first-order valence-corrected chi connectivity index (χ1v) is 6.07. The minimum absolute atomic E-state index is 0.185. The van der Waals surface area contributed by atoms with Crippen LogP contribution in [0.25, 0.3) is 11.1 Å². The molecule has 0 bridgehead atoms. The number of hydrogen-bond donors (Lipinski definition) is 1. The van der Waals surface area contributed by atoms with Crippen molar-refractivity contribution in [2.45, 2.75) is 13.5 Å². The fourth-order valence-electron chi connectivity index (χ4n) is 1.95. The lowest BCUT2D eigenvalue weighted by Crippen LogP contribution is -2.13. The number of halogens is 3. The molecule has 1 N–H and O–H groups in total. The molecule has 100 valence electrons. The van der Waals surface area contributed by atoms with Crippen molar-refractivity contribution < 1.29 is 13.2 Å². The minimum Gasteiger partial charge on any atom is -0.313 e. The van der Waals surface area contributed by atoms with Crippen LogP contribution in [0.15, 0.2) is 36.4 Å². The third-order valence-electron chi connectivity index (χ3n) is 2.87. The maximum atomic E-state index is 13.8. The first kappa shape index (κ1) is 13.6. The molecule has 2 rings (SSSR count). The van der Waals surface area contributed by atoms with E-state index in [0.717, 1.165) is 12.6 Å². The molecule has 0 aliphatic carbocycles. The molecule has 0 aromatic heterocycles. The summed E-state index contributed by atoms with van der Waals surface area (Å²) in [6.45, 7) is 3.07. The molecule has 4 heteroatoms. The van der Waals surface area contributed by atoms with E-state index in [4.69, 9.17) is 0 Å². The highest BCUT2D eigenvalue weighted by molar-refractivity contribution is 5.68. The maximum Gasteiger partial charge on any atom is 0.133 e. The molecule has 0 saturated heterocycles. The van der Waals surface area contributed by atoms with E-state index in [1.807, 2.05) is 6.92 Å². The largest absolute Gasteiger partial charge is 0.313 e. The number of benzene rings is 2. The second kappa shape index (κ2) is 5.89. The van der Waals surface area contributed by atoms with E-state index in [1.54, 1.807) is 6.07 Å². The molecule has 0 atom stereocenters. The van der Waals surface area contributed by atoms with Gasteiger partial charge in [0, 0.05) is 6.54 Å². The first-order chi connectivity index (χ1) is 9.13. The van der Waals surface area contributed by atoms with Gasteiger partial charge in [-0.05, 0) is 41.9 Å². The van der Waals surface area contributed by atoms with E-state index >= 15 is 0 Å². The Kier molecular flexibility index (Phi) is 4.22. The molecule has 0 spiro atoms. The van der Waals surface area contributed by atoms with Crippen LogP contribution in [0.5, 0.6) is 0 Å². The summed E-state index contributed by atoms with van der Waals surface area (Å²) in [5.74, 6) is -1.90. The Balaban J connectivity index is 2.56. The van der Waals surface area contributed by atoms with Gasteiger partial charge in [0.05, 0.1) is 5.56 Å². The predicted molar refractivity (Wildman–Crippen MR) is 69.1 cm³/mol. The average Bonchev–Trinajstić information content (AvgIpc) is 2.37. The van der Waals surface area contributed by atoms with E-state index in [9.17, 15) is 13.2 Å². The standard InChI is InChI=1S/C15H14F3N/c1-2-19-9-10-6-7-11(16)8-12(10)15-13(17)4-3-5-14(15)18/h3-8,19H,2,9H2,1H3. The molecular weight excluding hydrogens is 251 g/mol. The highest BCUT2D eigenvalue weighted by Gasteiger charge is 2.15. The smallest absolute Gasteiger partial charge is 0.133 e. The third-order valence-corrected chi connectivity index (χ3v) is 2.87. The zero-order valence-corrected chi connectivity index (χ0v) is 10.5. The summed E-state index contributed by atoms with van der Waals surface area (Å²) in [6, 6.07) is 7.61. The van der Waals surface area contributed by atoms with E-state index < -0.39 is 17.5 Å². The molecule has 0 aliphatic heterocycles. The van der Waals surface area contributed by atoms with Crippen molar-refractivity contribution in [3.63, 3.8) is 0 Å². The van der Waals surface area contributed by atoms with Crippen LogP contribution in [0.4, 0.5) is 13.2 Å². The molecule has 0 unspecified atom stereocenters. The van der Waals surface area contributed by atoms with Crippen LogP contribution in [0.3, 0.4) is 0 Å². The molecule has 0 radical (unpaired) electrons. The van der Waals surface area contributed by atoms with E-state index in [-0.39, 0.29) is 11.1 Å². The Bertz CT molecular complexity index is 561. The van der Waals surface area contributed by atoms with Gasteiger partial charge < -0.3 is 5.32 Å². The Morgan fingerprint density at radius 1 is 1.00 bits per heavy atom. The summed E-state index contributed by atoms with van der Waals surface area (Å²) in [5, 5.41) is 3.07. The molecule has 2 aromatic carbocycles. The van der Waals surface area contributed by atoms with Crippen LogP contribution in [0, 0.1) is 17.5 Å². The van der Waals surface area contributed by atoms with E-state index in [0.29, 0.717) is 12.1 Å². The SMILES string of the molecule is CCNCc1ccc(F)cc1-c1c(F)cccc1F. The van der Waals surface area contributed by atoms with Gasteiger partial charge in [-0.3, -0.25) is 0 Å². The second-order valence-electron chi connectivity index (χ2n) is 4.18. The molecule has 0 fully saturated rings. The van der Waals surface area contributed by atoms with Crippen molar-refractivity contribution >= 4 is 0 Å². The molecule has 0 aliphatic rings. The molecule has 2 aromatic rings. The topological polar surface area (TPSA) is 12.0 Å². The van der Waals surface area contributed by atoms with Crippen LogP contribution in [0.1, 0.15) is 12.5 Å². The highest BCUT2D eigenvalue weighted by atomic mass is 19.1. The van der Waals surface area contributed by atoms with Gasteiger partial charge >= 0.3 is 0 Å². The zero-order chi connectivity index (χ0) is 13.8. The number of nitrogens with one attached hydrogen (secondary N) is 1. The summed E-state index contributed by atoms with van der Waals surface area (Å²) in [4.78, 5) is 0. The lowest BCUT2D eigenvalue weighted by Gasteiger charge is -2.12. The monoisotopic (exact) mass is 265 g/mol. The summed E-state index contributed by atoms with van der Waals surface area (Å²) in [7, 11) is 0. The molecule has 19 heavy (non-hydrogen) atoms. The van der Waals surface area contributed by atoms with Crippen molar-refractivity contribution in [1.82, 2.24) is 5.32 Å². The van der Waals surface area contributed by atoms with Crippen LogP contribution < -0.4 is 5.32 Å². The first-order valence-electron chi connectivity index (χ1n) is 6.07. The second-order valence-corrected chi connectivity index (χ2v) is 4.18. The molecule has 0 amide bonds. The van der Waals surface area contributed by atoms with Crippen molar-refractivity contribution in [3.8, 4) is 11.1 Å². The van der Waals surface area contributed by atoms with Crippen LogP contribution in [-0.2, 0) is 6.54 Å². The van der Waals surface area contributed by atoms with Gasteiger partial charge in [0.2, 0.25) is 0 Å². The minimum atomic E-state index is -0.691. The van der Waals surface area contributed by atoms with Crippen molar-refractivity contribution in [3.05, 3.63) is 59.4 Å². The van der Waals surface area contributed by atoms with Gasteiger partial charge in [-0.2, -0.15) is 0 Å². The highest BCUT2D eigenvalue weighted by Crippen LogP contribution is 2.29. The summed E-state index contributed by atoms with van der Waals surface area (Å²) >= 11 is 0. The van der Waals surface area contributed by atoms with Crippen molar-refractivity contribution in [2.24, 2.45) is 0 Å². The Morgan fingerprint density at radius 2 is 1.68 bits per heavy atom. The maximum absolute atomic E-state index is 13.8. The van der Waals surface area contributed by atoms with Gasteiger partial charge in [0.15, 0.2) is 0 Å². The quantitative estimate of drug-likeness (QED) is 0.884. The van der Waals surface area contributed by atoms with Crippen LogP contribution in [0.2, 0.25) is 0 Å². The third kappa shape index (κ3) is 2.96. The normalized spacial score (nSPS) is 10.7. The van der Waals surface area contributed by atoms with E-state index in [1.165, 1.54) is 24.3 Å². The van der Waals surface area contributed by atoms with Gasteiger partial charge in [-0.1, -0.05) is 19.1 Å². The molecular formula is C15H14F3N. The van der Waals surface area contributed by atoms with Crippen molar-refractivity contribution in [2.75, 3.05) is 6.54 Å². The van der Waals surface area contributed by atoms with Gasteiger partial charge in [-0.15, -0.1) is 0 Å². The van der Waals surface area contributed by atoms with Gasteiger partial charge in [0.25, 0.3) is 0 Å². The average molecular weight is 265 g/mol. The Labute approximate surface area is 110 Å². The van der Waals surface area contributed by atoms with E-state index in [2.05, 4.69) is 5.32 Å². The Morgan fingerprint density at radius 3 is 2.32 bits per heavy atom. The number of rotatable bonds is 4. The van der Waals surface area contributed by atoms with Gasteiger partial charge in [-0.25, -0.2) is 13.2 Å².